The maximum Gasteiger partial charge on any atom is 0.411 e. The second-order valence-corrected chi connectivity index (χ2v) is 4.60. The van der Waals surface area contributed by atoms with Crippen LogP contribution in [0.4, 0.5) is 4.79 Å². The van der Waals surface area contributed by atoms with Gasteiger partial charge < -0.3 is 9.47 Å². The predicted molar refractivity (Wildman–Crippen MR) is 53.3 cm³/mol. The van der Waals surface area contributed by atoms with Gasteiger partial charge >= 0.3 is 12.1 Å². The van der Waals surface area contributed by atoms with Crippen LogP contribution in [0.5, 0.6) is 0 Å². The summed E-state index contributed by atoms with van der Waals surface area (Å²) in [4.78, 5) is 24.1. The third kappa shape index (κ3) is 2.61. The van der Waals surface area contributed by atoms with Crippen LogP contribution in [0.3, 0.4) is 0 Å². The molecule has 0 radical (unpaired) electrons. The number of nitrogens with zero attached hydrogens (tertiary/aromatic N) is 1. The third-order valence-corrected chi connectivity index (χ3v) is 2.15. The lowest BCUT2D eigenvalue weighted by Crippen LogP contribution is -2.29. The van der Waals surface area contributed by atoms with Crippen molar-refractivity contribution in [3.05, 3.63) is 0 Å². The molecule has 5 nitrogen and oxygen atoms in total. The maximum atomic E-state index is 11.6. The molecule has 1 saturated heterocycles. The number of rotatable bonds is 1. The summed E-state index contributed by atoms with van der Waals surface area (Å²) in [5, 5.41) is 0. The van der Waals surface area contributed by atoms with E-state index in [2.05, 4.69) is 4.74 Å². The normalized spacial score (nSPS) is 24.7. The molecule has 0 saturated carbocycles. The summed E-state index contributed by atoms with van der Waals surface area (Å²) >= 11 is 0. The number of esters is 1. The monoisotopic (exact) mass is 215 g/mol. The molecular formula is C10H17NO4. The Hall–Kier alpha value is -1.26. The highest BCUT2D eigenvalue weighted by Gasteiger charge is 2.55. The molecule has 1 aliphatic heterocycles. The SMILES string of the molecule is COC(=O)[C@H]1[C@H](C)N1C(=O)OC(C)(C)C. The smallest absolute Gasteiger partial charge is 0.411 e. The summed E-state index contributed by atoms with van der Waals surface area (Å²) in [5.41, 5.74) is -0.542. The minimum absolute atomic E-state index is 0.132. The van der Waals surface area contributed by atoms with Crippen LogP contribution < -0.4 is 0 Å². The zero-order chi connectivity index (χ0) is 11.8. The number of carbonyl (C=O) groups excluding carboxylic acids is 2. The second kappa shape index (κ2) is 3.72. The minimum Gasteiger partial charge on any atom is -0.467 e. The molecule has 1 fully saturated rings. The maximum absolute atomic E-state index is 11.6. The van der Waals surface area contributed by atoms with Crippen LogP contribution in [0.25, 0.3) is 0 Å². The van der Waals surface area contributed by atoms with E-state index in [0.717, 1.165) is 0 Å². The highest BCUT2D eigenvalue weighted by Crippen LogP contribution is 2.30. The van der Waals surface area contributed by atoms with Crippen molar-refractivity contribution in [2.45, 2.75) is 45.4 Å². The topological polar surface area (TPSA) is 55.6 Å². The van der Waals surface area contributed by atoms with Crippen molar-refractivity contribution >= 4 is 12.1 Å². The summed E-state index contributed by atoms with van der Waals surface area (Å²) in [6.45, 7) is 7.14. The van der Waals surface area contributed by atoms with Gasteiger partial charge in [-0.25, -0.2) is 9.59 Å². The Kier molecular flexibility index (Phi) is 2.93. The van der Waals surface area contributed by atoms with Crippen LogP contribution in [-0.4, -0.2) is 41.8 Å². The molecule has 2 atom stereocenters. The average Bonchev–Trinajstić information content (AvgIpc) is 2.73. The lowest BCUT2D eigenvalue weighted by molar-refractivity contribution is -0.140. The van der Waals surface area contributed by atoms with Crippen LogP contribution in [0.15, 0.2) is 0 Å². The van der Waals surface area contributed by atoms with Gasteiger partial charge in [0.05, 0.1) is 13.2 Å². The van der Waals surface area contributed by atoms with Crippen molar-refractivity contribution in [1.29, 1.82) is 0 Å². The lowest BCUT2D eigenvalue weighted by Gasteiger charge is -2.19. The van der Waals surface area contributed by atoms with Crippen molar-refractivity contribution in [2.24, 2.45) is 0 Å². The minimum atomic E-state index is -0.542. The number of amides is 1. The van der Waals surface area contributed by atoms with Crippen molar-refractivity contribution in [1.82, 2.24) is 4.90 Å². The third-order valence-electron chi connectivity index (χ3n) is 2.15. The molecule has 1 rings (SSSR count). The number of hydrogen-bond donors (Lipinski definition) is 0. The second-order valence-electron chi connectivity index (χ2n) is 4.60. The van der Waals surface area contributed by atoms with E-state index >= 15 is 0 Å². The van der Waals surface area contributed by atoms with E-state index in [1.54, 1.807) is 27.7 Å². The van der Waals surface area contributed by atoms with Crippen LogP contribution in [0, 0.1) is 0 Å². The van der Waals surface area contributed by atoms with Crippen molar-refractivity contribution in [3.63, 3.8) is 0 Å². The molecule has 15 heavy (non-hydrogen) atoms. The Morgan fingerprint density at radius 2 is 1.80 bits per heavy atom. The molecule has 0 N–H and O–H groups in total. The standard InChI is InChI=1S/C10H17NO4/c1-6-7(8(12)14-5)11(6)9(13)15-10(2,3)4/h6-7H,1-5H3/t6-,7+,11?/m0/s1. The number of hydrogen-bond acceptors (Lipinski definition) is 4. The zero-order valence-electron chi connectivity index (χ0n) is 9.73. The van der Waals surface area contributed by atoms with Crippen LogP contribution >= 0.6 is 0 Å². The van der Waals surface area contributed by atoms with Gasteiger partial charge in [-0.1, -0.05) is 0 Å². The molecule has 1 aliphatic rings. The van der Waals surface area contributed by atoms with Crippen molar-refractivity contribution in [3.8, 4) is 0 Å². The summed E-state index contributed by atoms with van der Waals surface area (Å²) in [5.74, 6) is -0.395. The van der Waals surface area contributed by atoms with Crippen LogP contribution in [0.1, 0.15) is 27.7 Å². The molecule has 0 unspecified atom stereocenters. The van der Waals surface area contributed by atoms with E-state index in [4.69, 9.17) is 4.74 Å². The molecule has 1 heterocycles. The van der Waals surface area contributed by atoms with Gasteiger partial charge in [0.2, 0.25) is 0 Å². The first-order chi connectivity index (χ1) is 6.78. The Labute approximate surface area is 89.3 Å². The van der Waals surface area contributed by atoms with E-state index in [0.29, 0.717) is 0 Å². The molecule has 0 bridgehead atoms. The van der Waals surface area contributed by atoms with Gasteiger partial charge in [-0.3, -0.25) is 4.90 Å². The van der Waals surface area contributed by atoms with Crippen LogP contribution in [-0.2, 0) is 14.3 Å². The van der Waals surface area contributed by atoms with Gasteiger partial charge in [0.25, 0.3) is 0 Å². The Morgan fingerprint density at radius 1 is 1.27 bits per heavy atom. The van der Waals surface area contributed by atoms with Crippen LogP contribution in [0.2, 0.25) is 0 Å². The summed E-state index contributed by atoms with van der Waals surface area (Å²) in [6, 6.07) is -0.614. The molecule has 0 aromatic heterocycles. The quantitative estimate of drug-likeness (QED) is 0.486. The van der Waals surface area contributed by atoms with Crippen molar-refractivity contribution in [2.75, 3.05) is 7.11 Å². The fourth-order valence-electron chi connectivity index (χ4n) is 1.37. The van der Waals surface area contributed by atoms with E-state index in [9.17, 15) is 9.59 Å². The Bertz CT molecular complexity index is 282. The molecule has 86 valence electrons. The molecule has 0 spiro atoms. The summed E-state index contributed by atoms with van der Waals surface area (Å²) < 4.78 is 9.70. The molecule has 0 aliphatic carbocycles. The number of methoxy groups -OCH3 is 1. The van der Waals surface area contributed by atoms with Gasteiger partial charge in [0.15, 0.2) is 6.04 Å². The predicted octanol–water partition coefficient (Wildman–Crippen LogP) is 1.17. The largest absolute Gasteiger partial charge is 0.467 e. The number of ether oxygens (including phenoxy) is 2. The van der Waals surface area contributed by atoms with Crippen molar-refractivity contribution < 1.29 is 19.1 Å². The zero-order valence-corrected chi connectivity index (χ0v) is 9.73. The molecule has 5 heteroatoms. The Balaban J connectivity index is 2.54. The van der Waals surface area contributed by atoms with E-state index in [-0.39, 0.29) is 6.04 Å². The number of carbonyl (C=O) groups is 2. The highest BCUT2D eigenvalue weighted by molar-refractivity contribution is 5.88. The fraction of sp³-hybridized carbons (Fsp3) is 0.800. The van der Waals surface area contributed by atoms with Gasteiger partial charge in [-0.15, -0.1) is 0 Å². The molecule has 0 aromatic carbocycles. The first-order valence-electron chi connectivity index (χ1n) is 4.87. The van der Waals surface area contributed by atoms with Gasteiger partial charge in [-0.2, -0.15) is 0 Å². The first kappa shape index (κ1) is 11.8. The highest BCUT2D eigenvalue weighted by atomic mass is 16.6. The molecular weight excluding hydrogens is 198 g/mol. The molecule has 1 amide bonds. The fourth-order valence-corrected chi connectivity index (χ4v) is 1.37. The Morgan fingerprint density at radius 3 is 2.20 bits per heavy atom. The summed E-state index contributed by atoms with van der Waals surface area (Å²) in [6.07, 6.45) is -0.467. The lowest BCUT2D eigenvalue weighted by atomic mass is 10.2. The van der Waals surface area contributed by atoms with Gasteiger partial charge in [0.1, 0.15) is 5.60 Å². The summed E-state index contributed by atoms with van der Waals surface area (Å²) in [7, 11) is 1.31. The van der Waals surface area contributed by atoms with Gasteiger partial charge in [0, 0.05) is 0 Å². The van der Waals surface area contributed by atoms with E-state index in [1.165, 1.54) is 12.0 Å². The van der Waals surface area contributed by atoms with Gasteiger partial charge in [-0.05, 0) is 27.7 Å². The van der Waals surface area contributed by atoms with E-state index < -0.39 is 23.7 Å². The average molecular weight is 215 g/mol. The first-order valence-corrected chi connectivity index (χ1v) is 4.87. The van der Waals surface area contributed by atoms with E-state index in [1.807, 2.05) is 0 Å². The molecule has 0 aromatic rings.